The van der Waals surface area contributed by atoms with Crippen LogP contribution in [0, 0.1) is 6.42 Å². The van der Waals surface area contributed by atoms with Gasteiger partial charge in [-0.25, -0.2) is 0 Å². The fourth-order valence-electron chi connectivity index (χ4n) is 1.16. The average Bonchev–Trinajstić information content (AvgIpc) is 2.18. The topological polar surface area (TPSA) is 0 Å². The van der Waals surface area contributed by atoms with Crippen molar-refractivity contribution in [3.05, 3.63) is 55.0 Å². The van der Waals surface area contributed by atoms with Gasteiger partial charge >= 0.3 is 0 Å². The summed E-state index contributed by atoms with van der Waals surface area (Å²) in [5.74, 6) is 0. The molecule has 0 amide bonds. The first-order chi connectivity index (χ1) is 6.50. The Morgan fingerprint density at radius 2 is 1.08 bits per heavy atom. The van der Waals surface area contributed by atoms with E-state index >= 15 is 0 Å². The Bertz CT molecular complexity index is 216. The maximum Gasteiger partial charge on any atom is 0.00473 e. The largest absolute Gasteiger partial charge is 0.0882 e. The van der Waals surface area contributed by atoms with Crippen LogP contribution >= 0.6 is 0 Å². The molecule has 0 nitrogen and oxygen atoms in total. The van der Waals surface area contributed by atoms with E-state index < -0.39 is 0 Å². The minimum absolute atomic E-state index is 1.15. The zero-order chi connectivity index (χ0) is 9.19. The summed E-state index contributed by atoms with van der Waals surface area (Å²) in [6, 6.07) is 0. The number of rotatable bonds is 0. The predicted octanol–water partition coefficient (Wildman–Crippen LogP) is 3.99. The van der Waals surface area contributed by atoms with E-state index in [0.29, 0.717) is 0 Å². The minimum Gasteiger partial charge on any atom is -0.0882 e. The van der Waals surface area contributed by atoms with Gasteiger partial charge in [-0.3, -0.25) is 0 Å². The molecule has 0 heterocycles. The molecule has 0 heteroatoms. The predicted molar refractivity (Wildman–Crippen MR) is 59.3 cm³/mol. The van der Waals surface area contributed by atoms with E-state index in [9.17, 15) is 0 Å². The molecule has 0 N–H and O–H groups in total. The molecular formula is C13H17. The minimum atomic E-state index is 1.15. The highest BCUT2D eigenvalue weighted by atomic mass is 13.9. The summed E-state index contributed by atoms with van der Waals surface area (Å²) in [6.07, 6.45) is 24.0. The highest BCUT2D eigenvalue weighted by molar-refractivity contribution is 5.14. The molecule has 1 aliphatic carbocycles. The summed E-state index contributed by atoms with van der Waals surface area (Å²) in [7, 11) is 0. The lowest BCUT2D eigenvalue weighted by Gasteiger charge is -1.87. The van der Waals surface area contributed by atoms with Crippen LogP contribution in [0.2, 0.25) is 0 Å². The third kappa shape index (κ3) is 6.15. The van der Waals surface area contributed by atoms with Crippen LogP contribution in [0.1, 0.15) is 25.7 Å². The molecule has 0 aliphatic heterocycles. The Labute approximate surface area is 81.4 Å². The van der Waals surface area contributed by atoms with Crippen molar-refractivity contribution in [2.24, 2.45) is 0 Å². The molecule has 1 aliphatic rings. The fraction of sp³-hybridized carbons (Fsp3) is 0.308. The van der Waals surface area contributed by atoms with Crippen molar-refractivity contribution in [3.63, 3.8) is 0 Å². The van der Waals surface area contributed by atoms with Gasteiger partial charge in [-0.2, -0.15) is 0 Å². The molecule has 0 aromatic rings. The first kappa shape index (κ1) is 10.0. The first-order valence-corrected chi connectivity index (χ1v) is 4.97. The van der Waals surface area contributed by atoms with Crippen molar-refractivity contribution in [1.82, 2.24) is 0 Å². The molecule has 0 atom stereocenters. The summed E-state index contributed by atoms with van der Waals surface area (Å²) in [5.41, 5.74) is 0. The molecule has 0 saturated heterocycles. The third-order valence-corrected chi connectivity index (χ3v) is 1.88. The molecular weight excluding hydrogens is 156 g/mol. The smallest absolute Gasteiger partial charge is 0.00473 e. The number of hydrogen-bond donors (Lipinski definition) is 0. The van der Waals surface area contributed by atoms with E-state index in [-0.39, 0.29) is 0 Å². The fourth-order valence-corrected chi connectivity index (χ4v) is 1.16. The van der Waals surface area contributed by atoms with Crippen LogP contribution in [0.4, 0.5) is 0 Å². The highest BCUT2D eigenvalue weighted by Gasteiger charge is 1.79. The second kappa shape index (κ2) is 7.60. The van der Waals surface area contributed by atoms with Gasteiger partial charge in [0.15, 0.2) is 0 Å². The van der Waals surface area contributed by atoms with Crippen LogP contribution in [0.3, 0.4) is 0 Å². The van der Waals surface area contributed by atoms with Gasteiger partial charge in [0.25, 0.3) is 0 Å². The van der Waals surface area contributed by atoms with Crippen molar-refractivity contribution in [2.45, 2.75) is 25.7 Å². The Kier molecular flexibility index (Phi) is 5.87. The average molecular weight is 173 g/mol. The van der Waals surface area contributed by atoms with Gasteiger partial charge in [0.05, 0.1) is 0 Å². The van der Waals surface area contributed by atoms with Gasteiger partial charge in [0.2, 0.25) is 0 Å². The van der Waals surface area contributed by atoms with Crippen LogP contribution in [-0.4, -0.2) is 0 Å². The Morgan fingerprint density at radius 1 is 0.462 bits per heavy atom. The molecule has 1 rings (SSSR count). The lowest BCUT2D eigenvalue weighted by molar-refractivity contribution is 1.00. The summed E-state index contributed by atoms with van der Waals surface area (Å²) in [4.78, 5) is 0. The lowest BCUT2D eigenvalue weighted by Crippen LogP contribution is -1.66. The quantitative estimate of drug-likeness (QED) is 0.486. The second-order valence-corrected chi connectivity index (χ2v) is 3.06. The number of hydrogen-bond acceptors (Lipinski definition) is 0. The van der Waals surface area contributed by atoms with Crippen molar-refractivity contribution < 1.29 is 0 Å². The van der Waals surface area contributed by atoms with E-state index in [1.807, 2.05) is 0 Å². The van der Waals surface area contributed by atoms with Crippen LogP contribution in [0.15, 0.2) is 48.6 Å². The molecule has 0 unspecified atom stereocenters. The molecule has 13 heavy (non-hydrogen) atoms. The maximum absolute atomic E-state index is 2.27. The summed E-state index contributed by atoms with van der Waals surface area (Å²) >= 11 is 0. The lowest BCUT2D eigenvalue weighted by atomic mass is 10.2. The first-order valence-electron chi connectivity index (χ1n) is 4.97. The van der Waals surface area contributed by atoms with Gasteiger partial charge in [0.1, 0.15) is 0 Å². The number of allylic oxidation sites excluding steroid dienone is 8. The van der Waals surface area contributed by atoms with Crippen molar-refractivity contribution in [1.29, 1.82) is 0 Å². The van der Waals surface area contributed by atoms with E-state index in [4.69, 9.17) is 0 Å². The molecule has 0 bridgehead atoms. The van der Waals surface area contributed by atoms with Gasteiger partial charge in [0, 0.05) is 6.42 Å². The summed E-state index contributed by atoms with van der Waals surface area (Å²) in [5, 5.41) is 0. The molecule has 69 valence electrons. The molecule has 0 aromatic carbocycles. The summed E-state index contributed by atoms with van der Waals surface area (Å²) in [6.45, 7) is 0. The van der Waals surface area contributed by atoms with E-state index in [1.54, 1.807) is 0 Å². The zero-order valence-electron chi connectivity index (χ0n) is 8.02. The van der Waals surface area contributed by atoms with E-state index in [1.165, 1.54) is 0 Å². The standard InChI is InChI=1S/C13H17/c1-2-4-6-8-10-12-13-11-9-7-5-3-1/h1-7,12-13H,8-11H2/b2-1+,6-4-,7-5+,13-12-. The zero-order valence-corrected chi connectivity index (χ0v) is 8.02. The highest BCUT2D eigenvalue weighted by Crippen LogP contribution is 1.99. The maximum atomic E-state index is 2.27. The second-order valence-electron chi connectivity index (χ2n) is 3.06. The van der Waals surface area contributed by atoms with Crippen molar-refractivity contribution in [2.75, 3.05) is 0 Å². The molecule has 1 radical (unpaired) electrons. The Morgan fingerprint density at radius 3 is 1.85 bits per heavy atom. The molecule has 0 saturated carbocycles. The van der Waals surface area contributed by atoms with Gasteiger partial charge < -0.3 is 0 Å². The van der Waals surface area contributed by atoms with E-state index in [0.717, 1.165) is 25.7 Å². The van der Waals surface area contributed by atoms with Crippen LogP contribution < -0.4 is 0 Å². The van der Waals surface area contributed by atoms with Crippen LogP contribution in [-0.2, 0) is 0 Å². The van der Waals surface area contributed by atoms with Gasteiger partial charge in [-0.05, 0) is 25.7 Å². The molecule has 0 aromatic heterocycles. The molecule has 0 fully saturated rings. The van der Waals surface area contributed by atoms with Crippen LogP contribution in [0.5, 0.6) is 0 Å². The van der Waals surface area contributed by atoms with Crippen molar-refractivity contribution in [3.8, 4) is 0 Å². The van der Waals surface area contributed by atoms with Crippen molar-refractivity contribution >= 4 is 0 Å². The summed E-state index contributed by atoms with van der Waals surface area (Å²) < 4.78 is 0. The van der Waals surface area contributed by atoms with Gasteiger partial charge in [-0.15, -0.1) is 0 Å². The SMILES string of the molecule is [CH]1/C=C/C=C\CC/C=C\CC/C=C/1. The van der Waals surface area contributed by atoms with Gasteiger partial charge in [-0.1, -0.05) is 48.6 Å². The third-order valence-electron chi connectivity index (χ3n) is 1.88. The van der Waals surface area contributed by atoms with E-state index in [2.05, 4.69) is 55.0 Å². The Hall–Kier alpha value is -1.04. The van der Waals surface area contributed by atoms with Crippen LogP contribution in [0.25, 0.3) is 0 Å². The normalized spacial score (nSPS) is 28.9. The molecule has 0 spiro atoms. The Balaban J connectivity index is 2.38. The monoisotopic (exact) mass is 173 g/mol.